The highest BCUT2D eigenvalue weighted by Crippen LogP contribution is 2.29. The smallest absolute Gasteiger partial charge is 0.288 e. The van der Waals surface area contributed by atoms with Gasteiger partial charge in [0.05, 0.1) is 0 Å². The number of rotatable bonds is 3. The van der Waals surface area contributed by atoms with Crippen molar-refractivity contribution in [2.45, 2.75) is 6.92 Å². The fourth-order valence-corrected chi connectivity index (χ4v) is 0.883. The van der Waals surface area contributed by atoms with Crippen LogP contribution in [0.3, 0.4) is 0 Å². The van der Waals surface area contributed by atoms with Crippen molar-refractivity contribution in [3.8, 4) is 0 Å². The van der Waals surface area contributed by atoms with Gasteiger partial charge in [0.25, 0.3) is 8.53 Å². The Kier molecular flexibility index (Phi) is 4.58. The van der Waals surface area contributed by atoms with Gasteiger partial charge in [-0.3, -0.25) is 9.88 Å². The molecule has 54 valence electrons. The summed E-state index contributed by atoms with van der Waals surface area (Å²) in [7, 11) is 1.76. The minimum Gasteiger partial charge on any atom is -0.321 e. The molecule has 1 amide bonds. The first-order chi connectivity index (χ1) is 4.20. The Morgan fingerprint density at radius 1 is 1.44 bits per heavy atom. The molecular weight excluding hydrogens is 141 g/mol. The summed E-state index contributed by atoms with van der Waals surface area (Å²) in [6.45, 7) is 1.41. The van der Waals surface area contributed by atoms with Crippen LogP contribution in [0, 0.1) is 0 Å². The normalized spacial score (nSPS) is 9.78. The number of hydrogen-bond donors (Lipinski definition) is 1. The van der Waals surface area contributed by atoms with Crippen molar-refractivity contribution < 1.29 is 13.8 Å². The predicted molar refractivity (Wildman–Crippen MR) is 34.8 cm³/mol. The highest BCUT2D eigenvalue weighted by atomic mass is 31.2. The molecule has 0 spiro atoms. The fourth-order valence-electron chi connectivity index (χ4n) is 0.294. The summed E-state index contributed by atoms with van der Waals surface area (Å²) >= 11 is 0. The minimum atomic E-state index is -1.20. The van der Waals surface area contributed by atoms with Crippen molar-refractivity contribution in [1.82, 2.24) is 5.09 Å². The second kappa shape index (κ2) is 4.68. The van der Waals surface area contributed by atoms with Crippen LogP contribution in [0.4, 0.5) is 0 Å². The molecule has 0 unspecified atom stereocenters. The van der Waals surface area contributed by atoms with Crippen LogP contribution < -0.4 is 5.09 Å². The van der Waals surface area contributed by atoms with Gasteiger partial charge in [0.15, 0.2) is 0 Å². The van der Waals surface area contributed by atoms with Gasteiger partial charge in [-0.2, -0.15) is 0 Å². The van der Waals surface area contributed by atoms with Crippen LogP contribution in [0.5, 0.6) is 0 Å². The van der Waals surface area contributed by atoms with Gasteiger partial charge < -0.3 is 9.05 Å². The summed E-state index contributed by atoms with van der Waals surface area (Å²) in [6.07, 6.45) is 0. The van der Waals surface area contributed by atoms with E-state index < -0.39 is 8.53 Å². The minimum absolute atomic E-state index is 0.148. The molecule has 0 saturated heterocycles. The van der Waals surface area contributed by atoms with E-state index in [1.807, 2.05) is 0 Å². The monoisotopic (exact) mass is 151 g/mol. The molecule has 4 nitrogen and oxygen atoms in total. The number of amides is 1. The van der Waals surface area contributed by atoms with Gasteiger partial charge >= 0.3 is 0 Å². The van der Waals surface area contributed by atoms with Crippen molar-refractivity contribution in [2.75, 3.05) is 14.2 Å². The lowest BCUT2D eigenvalue weighted by molar-refractivity contribution is -0.117. The third kappa shape index (κ3) is 4.33. The van der Waals surface area contributed by atoms with Crippen LogP contribution >= 0.6 is 8.53 Å². The fraction of sp³-hybridized carbons (Fsp3) is 0.750. The number of carbonyl (C=O) groups is 1. The Morgan fingerprint density at radius 2 is 1.89 bits per heavy atom. The van der Waals surface area contributed by atoms with Gasteiger partial charge in [0.1, 0.15) is 0 Å². The van der Waals surface area contributed by atoms with Crippen LogP contribution in [-0.4, -0.2) is 20.1 Å². The maximum Gasteiger partial charge on any atom is 0.288 e. The van der Waals surface area contributed by atoms with Gasteiger partial charge in [-0.1, -0.05) is 0 Å². The molecule has 0 radical (unpaired) electrons. The lowest BCUT2D eigenvalue weighted by Crippen LogP contribution is -2.14. The van der Waals surface area contributed by atoms with Crippen LogP contribution in [0.15, 0.2) is 0 Å². The van der Waals surface area contributed by atoms with Gasteiger partial charge in [0, 0.05) is 21.1 Å². The third-order valence-corrected chi connectivity index (χ3v) is 1.74. The summed E-state index contributed by atoms with van der Waals surface area (Å²) in [5, 5.41) is 2.46. The zero-order chi connectivity index (χ0) is 7.28. The second-order valence-corrected chi connectivity index (χ2v) is 2.76. The molecule has 0 aromatic rings. The number of hydrogen-bond acceptors (Lipinski definition) is 3. The molecule has 0 aliphatic heterocycles. The molecule has 0 atom stereocenters. The van der Waals surface area contributed by atoms with Crippen molar-refractivity contribution in [1.29, 1.82) is 0 Å². The Morgan fingerprint density at radius 3 is 2.00 bits per heavy atom. The maximum atomic E-state index is 10.3. The van der Waals surface area contributed by atoms with Crippen molar-refractivity contribution in [3.63, 3.8) is 0 Å². The Balaban J connectivity index is 3.43. The first kappa shape index (κ1) is 8.82. The van der Waals surface area contributed by atoms with E-state index in [1.165, 1.54) is 21.1 Å². The maximum absolute atomic E-state index is 10.3. The van der Waals surface area contributed by atoms with E-state index in [2.05, 4.69) is 5.09 Å². The zero-order valence-corrected chi connectivity index (χ0v) is 6.57. The Bertz CT molecular complexity index is 93.8. The van der Waals surface area contributed by atoms with E-state index in [0.717, 1.165) is 0 Å². The summed E-state index contributed by atoms with van der Waals surface area (Å²) in [5.41, 5.74) is 0. The lowest BCUT2D eigenvalue weighted by atomic mass is 10.8. The van der Waals surface area contributed by atoms with Gasteiger partial charge in [-0.05, 0) is 0 Å². The van der Waals surface area contributed by atoms with Gasteiger partial charge in [0.2, 0.25) is 5.91 Å². The molecule has 9 heavy (non-hydrogen) atoms. The van der Waals surface area contributed by atoms with Crippen LogP contribution in [0.2, 0.25) is 0 Å². The second-order valence-electron chi connectivity index (χ2n) is 1.29. The van der Waals surface area contributed by atoms with Gasteiger partial charge in [-0.15, -0.1) is 0 Å². The molecular formula is C4H10NO3P. The molecule has 0 bridgehead atoms. The molecule has 0 heterocycles. The Labute approximate surface area is 55.5 Å². The van der Waals surface area contributed by atoms with Crippen LogP contribution in [-0.2, 0) is 13.8 Å². The molecule has 0 fully saturated rings. The van der Waals surface area contributed by atoms with E-state index in [9.17, 15) is 4.79 Å². The average Bonchev–Trinajstić information content (AvgIpc) is 1.82. The highest BCUT2D eigenvalue weighted by Gasteiger charge is 2.05. The number of carbonyl (C=O) groups excluding carboxylic acids is 1. The largest absolute Gasteiger partial charge is 0.321 e. The van der Waals surface area contributed by atoms with Crippen LogP contribution in [0.1, 0.15) is 6.92 Å². The third-order valence-electron chi connectivity index (χ3n) is 0.580. The van der Waals surface area contributed by atoms with Crippen LogP contribution in [0.25, 0.3) is 0 Å². The lowest BCUT2D eigenvalue weighted by Gasteiger charge is -2.09. The molecule has 1 N–H and O–H groups in total. The first-order valence-corrected chi connectivity index (χ1v) is 3.54. The SMILES string of the molecule is COP(NC(C)=O)OC. The summed E-state index contributed by atoms with van der Waals surface area (Å²) < 4.78 is 9.44. The molecule has 5 heteroatoms. The first-order valence-electron chi connectivity index (χ1n) is 2.36. The van der Waals surface area contributed by atoms with Crippen molar-refractivity contribution in [3.05, 3.63) is 0 Å². The van der Waals surface area contributed by atoms with E-state index in [1.54, 1.807) is 0 Å². The summed E-state index contributed by atoms with van der Waals surface area (Å²) in [5.74, 6) is -0.148. The molecule has 0 rings (SSSR count). The van der Waals surface area contributed by atoms with Crippen molar-refractivity contribution in [2.24, 2.45) is 0 Å². The molecule has 0 saturated carbocycles. The van der Waals surface area contributed by atoms with Crippen molar-refractivity contribution >= 4 is 14.4 Å². The summed E-state index contributed by atoms with van der Waals surface area (Å²) in [6, 6.07) is 0. The van der Waals surface area contributed by atoms with E-state index in [0.29, 0.717) is 0 Å². The predicted octanol–water partition coefficient (Wildman–Crippen LogP) is 0.642. The molecule has 0 aliphatic carbocycles. The van der Waals surface area contributed by atoms with E-state index >= 15 is 0 Å². The average molecular weight is 151 g/mol. The van der Waals surface area contributed by atoms with E-state index in [4.69, 9.17) is 9.05 Å². The number of nitrogens with one attached hydrogen (secondary N) is 1. The zero-order valence-electron chi connectivity index (χ0n) is 5.67. The standard InChI is InChI=1S/C4H10NO3P/c1-4(6)5-9(7-2)8-3/h1-3H3,(H,5,6). The van der Waals surface area contributed by atoms with Gasteiger partial charge in [-0.25, -0.2) is 0 Å². The Hall–Kier alpha value is -0.180. The molecule has 0 aromatic carbocycles. The topological polar surface area (TPSA) is 47.6 Å². The molecule has 0 aromatic heterocycles. The molecule has 0 aliphatic rings. The van der Waals surface area contributed by atoms with E-state index in [-0.39, 0.29) is 5.91 Å². The summed E-state index contributed by atoms with van der Waals surface area (Å²) in [4.78, 5) is 10.3. The highest BCUT2D eigenvalue weighted by molar-refractivity contribution is 7.45. The quantitative estimate of drug-likeness (QED) is 0.602.